The van der Waals surface area contributed by atoms with Crippen molar-refractivity contribution in [2.24, 2.45) is 0 Å². The van der Waals surface area contributed by atoms with E-state index in [9.17, 15) is 19.2 Å². The average molecular weight is 342 g/mol. The van der Waals surface area contributed by atoms with E-state index in [1.165, 1.54) is 0 Å². The summed E-state index contributed by atoms with van der Waals surface area (Å²) in [5, 5.41) is 8.77. The van der Waals surface area contributed by atoms with E-state index in [4.69, 9.17) is 0 Å². The standard InChI is InChI=1S/C17H18N4O4/c22-13-7-12(15(23)20-13)21-16(24)10-4-1-5-11(14(10)17(21)25)19-9-3-2-6-18-8-9/h1,4-5,9,12,18-19H,2-3,6-8H2,(H,20,22,23)/t9-,12?/m0/s1. The van der Waals surface area contributed by atoms with Gasteiger partial charge in [0, 0.05) is 18.3 Å². The van der Waals surface area contributed by atoms with E-state index in [1.807, 2.05) is 0 Å². The largest absolute Gasteiger partial charge is 0.380 e. The summed E-state index contributed by atoms with van der Waals surface area (Å²) in [6.45, 7) is 1.76. The molecular formula is C17H18N4O4. The molecule has 1 aromatic carbocycles. The van der Waals surface area contributed by atoms with Crippen molar-refractivity contribution >= 4 is 29.3 Å². The maximum Gasteiger partial charge on any atom is 0.264 e. The lowest BCUT2D eigenvalue weighted by molar-refractivity contribution is -0.125. The predicted molar refractivity (Wildman–Crippen MR) is 88.0 cm³/mol. The van der Waals surface area contributed by atoms with Crippen LogP contribution in [0, 0.1) is 0 Å². The molecule has 0 bridgehead atoms. The zero-order valence-corrected chi connectivity index (χ0v) is 13.5. The van der Waals surface area contributed by atoms with Gasteiger partial charge >= 0.3 is 0 Å². The molecular weight excluding hydrogens is 324 g/mol. The number of fused-ring (bicyclic) bond motifs is 1. The minimum Gasteiger partial charge on any atom is -0.380 e. The van der Waals surface area contributed by atoms with Crippen LogP contribution in [0.4, 0.5) is 5.69 Å². The lowest BCUT2D eigenvalue weighted by atomic mass is 10.0. The number of nitrogens with zero attached hydrogens (tertiary/aromatic N) is 1. The molecule has 2 fully saturated rings. The first-order valence-corrected chi connectivity index (χ1v) is 8.38. The average Bonchev–Trinajstić information content (AvgIpc) is 3.05. The van der Waals surface area contributed by atoms with Crippen molar-refractivity contribution < 1.29 is 19.2 Å². The minimum atomic E-state index is -1.07. The van der Waals surface area contributed by atoms with E-state index in [2.05, 4.69) is 16.0 Å². The Labute approximate surface area is 143 Å². The molecule has 130 valence electrons. The zero-order valence-electron chi connectivity index (χ0n) is 13.5. The van der Waals surface area contributed by atoms with Crippen LogP contribution in [0.15, 0.2) is 18.2 Å². The molecule has 4 rings (SSSR count). The quantitative estimate of drug-likeness (QED) is 0.660. The maximum absolute atomic E-state index is 12.9. The van der Waals surface area contributed by atoms with Gasteiger partial charge in [-0.05, 0) is 31.5 Å². The second-order valence-electron chi connectivity index (χ2n) is 6.53. The summed E-state index contributed by atoms with van der Waals surface area (Å²) in [5.74, 6) is -2.13. The molecule has 3 aliphatic rings. The van der Waals surface area contributed by atoms with Gasteiger partial charge in [0.25, 0.3) is 11.8 Å². The SMILES string of the molecule is O=C1CC(N2C(=O)c3cccc(N[C@H]4CCCNC4)c3C2=O)C(=O)N1. The lowest BCUT2D eigenvalue weighted by Crippen LogP contribution is -2.44. The van der Waals surface area contributed by atoms with Crippen LogP contribution in [-0.4, -0.2) is 53.7 Å². The summed E-state index contributed by atoms with van der Waals surface area (Å²) >= 11 is 0. The monoisotopic (exact) mass is 342 g/mol. The molecule has 3 N–H and O–H groups in total. The fourth-order valence-electron chi connectivity index (χ4n) is 3.65. The fourth-order valence-corrected chi connectivity index (χ4v) is 3.65. The lowest BCUT2D eigenvalue weighted by Gasteiger charge is -2.25. The van der Waals surface area contributed by atoms with E-state index in [1.54, 1.807) is 18.2 Å². The number of imide groups is 2. The Morgan fingerprint density at radius 3 is 2.64 bits per heavy atom. The summed E-state index contributed by atoms with van der Waals surface area (Å²) < 4.78 is 0. The predicted octanol–water partition coefficient (Wildman–Crippen LogP) is -0.138. The van der Waals surface area contributed by atoms with Crippen LogP contribution in [-0.2, 0) is 9.59 Å². The Balaban J connectivity index is 1.65. The Bertz CT molecular complexity index is 785. The van der Waals surface area contributed by atoms with Gasteiger partial charge in [-0.2, -0.15) is 0 Å². The molecule has 25 heavy (non-hydrogen) atoms. The Hall–Kier alpha value is -2.74. The first-order chi connectivity index (χ1) is 12.1. The first-order valence-electron chi connectivity index (χ1n) is 8.38. The molecule has 0 spiro atoms. The van der Waals surface area contributed by atoms with E-state index in [0.29, 0.717) is 5.69 Å². The molecule has 4 amide bonds. The molecule has 2 saturated heterocycles. The molecule has 0 radical (unpaired) electrons. The Morgan fingerprint density at radius 1 is 1.12 bits per heavy atom. The number of amides is 4. The number of rotatable bonds is 3. The molecule has 8 nitrogen and oxygen atoms in total. The highest BCUT2D eigenvalue weighted by molar-refractivity contribution is 6.26. The third-order valence-electron chi connectivity index (χ3n) is 4.86. The van der Waals surface area contributed by atoms with Gasteiger partial charge in [0.1, 0.15) is 6.04 Å². The summed E-state index contributed by atoms with van der Waals surface area (Å²) in [6, 6.07) is 4.17. The molecule has 0 aromatic heterocycles. The van der Waals surface area contributed by atoms with Crippen molar-refractivity contribution in [2.45, 2.75) is 31.3 Å². The summed E-state index contributed by atoms with van der Waals surface area (Å²) in [6.07, 6.45) is 1.83. The number of benzene rings is 1. The van der Waals surface area contributed by atoms with Crippen molar-refractivity contribution in [2.75, 3.05) is 18.4 Å². The van der Waals surface area contributed by atoms with Crippen LogP contribution in [0.3, 0.4) is 0 Å². The van der Waals surface area contributed by atoms with Crippen molar-refractivity contribution in [3.05, 3.63) is 29.3 Å². The van der Waals surface area contributed by atoms with E-state index in [-0.39, 0.29) is 23.6 Å². The number of anilines is 1. The van der Waals surface area contributed by atoms with Gasteiger partial charge in [0.15, 0.2) is 0 Å². The number of carbonyl (C=O) groups is 4. The molecule has 0 saturated carbocycles. The highest BCUT2D eigenvalue weighted by Gasteiger charge is 2.47. The van der Waals surface area contributed by atoms with Crippen LogP contribution in [0.5, 0.6) is 0 Å². The van der Waals surface area contributed by atoms with Gasteiger partial charge in [-0.3, -0.25) is 29.4 Å². The topological polar surface area (TPSA) is 108 Å². The van der Waals surface area contributed by atoms with E-state index < -0.39 is 29.7 Å². The molecule has 2 atom stereocenters. The Morgan fingerprint density at radius 2 is 1.96 bits per heavy atom. The molecule has 0 aliphatic carbocycles. The number of carbonyl (C=O) groups excluding carboxylic acids is 4. The first kappa shape index (κ1) is 15.8. The molecule has 3 heterocycles. The fraction of sp³-hybridized carbons (Fsp3) is 0.412. The molecule has 8 heteroatoms. The highest BCUT2D eigenvalue weighted by Crippen LogP contribution is 2.32. The maximum atomic E-state index is 12.9. The van der Waals surface area contributed by atoms with Crippen LogP contribution in [0.2, 0.25) is 0 Å². The minimum absolute atomic E-state index is 0.175. The molecule has 3 aliphatic heterocycles. The van der Waals surface area contributed by atoms with Crippen LogP contribution < -0.4 is 16.0 Å². The smallest absolute Gasteiger partial charge is 0.264 e. The normalized spacial score (nSPS) is 26.0. The van der Waals surface area contributed by atoms with E-state index >= 15 is 0 Å². The number of hydrogen-bond donors (Lipinski definition) is 3. The van der Waals surface area contributed by atoms with Gasteiger partial charge in [0.2, 0.25) is 11.8 Å². The third kappa shape index (κ3) is 2.58. The Kier molecular flexibility index (Phi) is 3.76. The summed E-state index contributed by atoms with van der Waals surface area (Å²) in [5.41, 5.74) is 1.15. The molecule has 1 aromatic rings. The summed E-state index contributed by atoms with van der Waals surface area (Å²) in [7, 11) is 0. The van der Waals surface area contributed by atoms with Gasteiger partial charge in [0.05, 0.1) is 17.5 Å². The van der Waals surface area contributed by atoms with Gasteiger partial charge < -0.3 is 10.6 Å². The van der Waals surface area contributed by atoms with E-state index in [0.717, 1.165) is 30.8 Å². The van der Waals surface area contributed by atoms with Crippen LogP contribution >= 0.6 is 0 Å². The second kappa shape index (κ2) is 5.96. The van der Waals surface area contributed by atoms with Crippen molar-refractivity contribution in [3.63, 3.8) is 0 Å². The molecule has 1 unspecified atom stereocenters. The zero-order chi connectivity index (χ0) is 17.6. The summed E-state index contributed by atoms with van der Waals surface area (Å²) in [4.78, 5) is 49.8. The van der Waals surface area contributed by atoms with Gasteiger partial charge in [-0.15, -0.1) is 0 Å². The number of piperidine rings is 1. The van der Waals surface area contributed by atoms with Crippen molar-refractivity contribution in [3.8, 4) is 0 Å². The van der Waals surface area contributed by atoms with Crippen molar-refractivity contribution in [1.29, 1.82) is 0 Å². The van der Waals surface area contributed by atoms with Gasteiger partial charge in [-0.1, -0.05) is 6.07 Å². The van der Waals surface area contributed by atoms with Gasteiger partial charge in [-0.25, -0.2) is 0 Å². The highest BCUT2D eigenvalue weighted by atomic mass is 16.2. The second-order valence-corrected chi connectivity index (χ2v) is 6.53. The van der Waals surface area contributed by atoms with Crippen molar-refractivity contribution in [1.82, 2.24) is 15.5 Å². The third-order valence-corrected chi connectivity index (χ3v) is 4.86. The van der Waals surface area contributed by atoms with Crippen LogP contribution in [0.25, 0.3) is 0 Å². The van der Waals surface area contributed by atoms with Crippen LogP contribution in [0.1, 0.15) is 40.0 Å². The number of nitrogens with one attached hydrogen (secondary N) is 3. The number of hydrogen-bond acceptors (Lipinski definition) is 6.